The molecule has 1 N–H and O–H groups in total. The number of fused-ring (bicyclic) bond motifs is 1. The summed E-state index contributed by atoms with van der Waals surface area (Å²) in [5, 5.41) is 10.1. The number of nitrogens with zero attached hydrogens (tertiary/aromatic N) is 1. The SMILES string of the molecule is CC(c1cc2ccccc2o1)N(C)C(=O)C1CCC(C(=O)O)CC1. The van der Waals surface area contributed by atoms with Crippen molar-refractivity contribution >= 4 is 22.8 Å². The van der Waals surface area contributed by atoms with Crippen LogP contribution < -0.4 is 0 Å². The lowest BCUT2D eigenvalue weighted by Crippen LogP contribution is -2.37. The number of hydrogen-bond donors (Lipinski definition) is 1. The first-order valence-corrected chi connectivity index (χ1v) is 8.45. The van der Waals surface area contributed by atoms with Crippen LogP contribution in [0.15, 0.2) is 34.7 Å². The molecule has 1 fully saturated rings. The van der Waals surface area contributed by atoms with Crippen LogP contribution in [0.25, 0.3) is 11.0 Å². The molecule has 1 aliphatic rings. The molecule has 1 aliphatic carbocycles. The van der Waals surface area contributed by atoms with Crippen molar-refractivity contribution in [1.29, 1.82) is 0 Å². The smallest absolute Gasteiger partial charge is 0.306 e. The molecule has 128 valence electrons. The van der Waals surface area contributed by atoms with Crippen LogP contribution in [0.4, 0.5) is 0 Å². The van der Waals surface area contributed by atoms with E-state index >= 15 is 0 Å². The van der Waals surface area contributed by atoms with Crippen LogP contribution in [0.5, 0.6) is 0 Å². The number of benzene rings is 1. The maximum atomic E-state index is 12.7. The third kappa shape index (κ3) is 3.16. The van der Waals surface area contributed by atoms with Gasteiger partial charge in [-0.05, 0) is 44.7 Å². The van der Waals surface area contributed by atoms with Crippen molar-refractivity contribution < 1.29 is 19.1 Å². The minimum Gasteiger partial charge on any atom is -0.481 e. The molecule has 3 rings (SSSR count). The standard InChI is InChI=1S/C19H23NO4/c1-12(17-11-15-5-3-4-6-16(15)24-17)20(2)18(21)13-7-9-14(10-8-13)19(22)23/h3-6,11-14H,7-10H2,1-2H3,(H,22,23). The third-order valence-corrected chi connectivity index (χ3v) is 5.21. The summed E-state index contributed by atoms with van der Waals surface area (Å²) in [5.74, 6) is -0.285. The van der Waals surface area contributed by atoms with E-state index in [1.807, 2.05) is 37.3 Å². The number of furan rings is 1. The predicted molar refractivity (Wildman–Crippen MR) is 90.5 cm³/mol. The Hall–Kier alpha value is -2.30. The molecule has 1 heterocycles. The molecule has 0 radical (unpaired) electrons. The summed E-state index contributed by atoms with van der Waals surface area (Å²) in [6.45, 7) is 1.96. The van der Waals surface area contributed by atoms with Crippen molar-refractivity contribution in [3.63, 3.8) is 0 Å². The normalized spacial score (nSPS) is 22.2. The zero-order valence-electron chi connectivity index (χ0n) is 14.1. The summed E-state index contributed by atoms with van der Waals surface area (Å²) in [6, 6.07) is 9.62. The highest BCUT2D eigenvalue weighted by Crippen LogP contribution is 2.33. The maximum Gasteiger partial charge on any atom is 0.306 e. The van der Waals surface area contributed by atoms with E-state index in [1.165, 1.54) is 0 Å². The van der Waals surface area contributed by atoms with Crippen LogP contribution in [-0.4, -0.2) is 28.9 Å². The fraction of sp³-hybridized carbons (Fsp3) is 0.474. The molecule has 1 aromatic carbocycles. The van der Waals surface area contributed by atoms with Crippen LogP contribution >= 0.6 is 0 Å². The summed E-state index contributed by atoms with van der Waals surface area (Å²) >= 11 is 0. The number of rotatable bonds is 4. The molecule has 1 unspecified atom stereocenters. The number of hydrogen-bond acceptors (Lipinski definition) is 3. The zero-order chi connectivity index (χ0) is 17.3. The van der Waals surface area contributed by atoms with Crippen LogP contribution in [0.2, 0.25) is 0 Å². The fourth-order valence-corrected chi connectivity index (χ4v) is 3.47. The Bertz CT molecular complexity index is 710. The van der Waals surface area contributed by atoms with Crippen LogP contribution in [0.1, 0.15) is 44.4 Å². The Morgan fingerprint density at radius 2 is 1.79 bits per heavy atom. The average molecular weight is 329 g/mol. The number of para-hydroxylation sites is 1. The second kappa shape index (κ2) is 6.67. The average Bonchev–Trinajstić information content (AvgIpc) is 3.04. The fourth-order valence-electron chi connectivity index (χ4n) is 3.47. The zero-order valence-corrected chi connectivity index (χ0v) is 14.1. The first-order valence-electron chi connectivity index (χ1n) is 8.45. The molecule has 0 saturated heterocycles. The van der Waals surface area contributed by atoms with E-state index in [0.717, 1.165) is 16.7 Å². The van der Waals surface area contributed by atoms with Gasteiger partial charge in [-0.3, -0.25) is 9.59 Å². The molecular weight excluding hydrogens is 306 g/mol. The highest BCUT2D eigenvalue weighted by atomic mass is 16.4. The van der Waals surface area contributed by atoms with Gasteiger partial charge in [0.2, 0.25) is 5.91 Å². The molecule has 0 spiro atoms. The molecule has 1 saturated carbocycles. The van der Waals surface area contributed by atoms with Gasteiger partial charge in [-0.1, -0.05) is 18.2 Å². The van der Waals surface area contributed by atoms with Gasteiger partial charge in [0, 0.05) is 18.4 Å². The summed E-state index contributed by atoms with van der Waals surface area (Å²) in [6.07, 6.45) is 2.46. The molecule has 0 aliphatic heterocycles. The van der Waals surface area contributed by atoms with E-state index in [4.69, 9.17) is 9.52 Å². The number of aliphatic carboxylic acids is 1. The highest BCUT2D eigenvalue weighted by molar-refractivity contribution is 5.81. The summed E-state index contributed by atoms with van der Waals surface area (Å²) in [4.78, 5) is 25.5. The molecule has 2 aromatic rings. The number of carbonyl (C=O) groups is 2. The summed E-state index contributed by atoms with van der Waals surface area (Å²) in [5.41, 5.74) is 0.821. The Morgan fingerprint density at radius 1 is 1.17 bits per heavy atom. The van der Waals surface area contributed by atoms with Crippen molar-refractivity contribution in [2.24, 2.45) is 11.8 Å². The van der Waals surface area contributed by atoms with E-state index in [9.17, 15) is 9.59 Å². The number of carboxylic acids is 1. The molecule has 24 heavy (non-hydrogen) atoms. The van der Waals surface area contributed by atoms with E-state index in [-0.39, 0.29) is 23.8 Å². The number of carbonyl (C=O) groups excluding carboxylic acids is 1. The van der Waals surface area contributed by atoms with E-state index in [0.29, 0.717) is 25.7 Å². The minimum atomic E-state index is -0.745. The Morgan fingerprint density at radius 3 is 2.42 bits per heavy atom. The third-order valence-electron chi connectivity index (χ3n) is 5.21. The van der Waals surface area contributed by atoms with Crippen LogP contribution in [-0.2, 0) is 9.59 Å². The minimum absolute atomic E-state index is 0.0757. The second-order valence-electron chi connectivity index (χ2n) is 6.70. The van der Waals surface area contributed by atoms with Gasteiger partial charge in [0.25, 0.3) is 0 Å². The molecular formula is C19H23NO4. The van der Waals surface area contributed by atoms with Gasteiger partial charge < -0.3 is 14.4 Å². The highest BCUT2D eigenvalue weighted by Gasteiger charge is 2.33. The van der Waals surface area contributed by atoms with Crippen molar-refractivity contribution in [1.82, 2.24) is 4.90 Å². The van der Waals surface area contributed by atoms with Gasteiger partial charge in [0.05, 0.1) is 12.0 Å². The summed E-state index contributed by atoms with van der Waals surface area (Å²) < 4.78 is 5.87. The van der Waals surface area contributed by atoms with Crippen molar-refractivity contribution in [3.05, 3.63) is 36.1 Å². The van der Waals surface area contributed by atoms with Gasteiger partial charge in [0.1, 0.15) is 11.3 Å². The Labute approximate surface area is 141 Å². The molecule has 5 nitrogen and oxygen atoms in total. The quantitative estimate of drug-likeness (QED) is 0.925. The number of amides is 1. The van der Waals surface area contributed by atoms with Gasteiger partial charge in [-0.15, -0.1) is 0 Å². The lowest BCUT2D eigenvalue weighted by Gasteiger charge is -2.31. The predicted octanol–water partition coefficient (Wildman–Crippen LogP) is 3.84. The molecule has 1 aromatic heterocycles. The monoisotopic (exact) mass is 329 g/mol. The van der Waals surface area contributed by atoms with Crippen molar-refractivity contribution in [2.45, 2.75) is 38.6 Å². The van der Waals surface area contributed by atoms with Crippen LogP contribution in [0.3, 0.4) is 0 Å². The molecule has 0 bridgehead atoms. The molecule has 1 amide bonds. The Balaban J connectivity index is 1.67. The lowest BCUT2D eigenvalue weighted by molar-refractivity contribution is -0.146. The largest absolute Gasteiger partial charge is 0.481 e. The van der Waals surface area contributed by atoms with Crippen molar-refractivity contribution in [3.8, 4) is 0 Å². The summed E-state index contributed by atoms with van der Waals surface area (Å²) in [7, 11) is 1.80. The van der Waals surface area contributed by atoms with E-state index in [1.54, 1.807) is 11.9 Å². The Kier molecular flexibility index (Phi) is 4.60. The van der Waals surface area contributed by atoms with E-state index in [2.05, 4.69) is 0 Å². The van der Waals surface area contributed by atoms with Crippen molar-refractivity contribution in [2.75, 3.05) is 7.05 Å². The van der Waals surface area contributed by atoms with E-state index < -0.39 is 5.97 Å². The topological polar surface area (TPSA) is 70.8 Å². The van der Waals surface area contributed by atoms with Gasteiger partial charge >= 0.3 is 5.97 Å². The number of carboxylic acid groups (broad SMARTS) is 1. The second-order valence-corrected chi connectivity index (χ2v) is 6.70. The van der Waals surface area contributed by atoms with Gasteiger partial charge in [0.15, 0.2) is 0 Å². The first kappa shape index (κ1) is 16.6. The van der Waals surface area contributed by atoms with Gasteiger partial charge in [-0.2, -0.15) is 0 Å². The van der Waals surface area contributed by atoms with Crippen LogP contribution in [0, 0.1) is 11.8 Å². The molecule has 5 heteroatoms. The van der Waals surface area contributed by atoms with Gasteiger partial charge in [-0.25, -0.2) is 0 Å². The first-order chi connectivity index (χ1) is 11.5. The molecule has 1 atom stereocenters. The lowest BCUT2D eigenvalue weighted by atomic mass is 9.81. The maximum absolute atomic E-state index is 12.7.